The number of halogens is 3. The molecule has 0 aliphatic heterocycles. The zero-order valence-electron chi connectivity index (χ0n) is 10.7. The number of aromatic nitrogens is 1. The average Bonchev–Trinajstić information content (AvgIpc) is 2.43. The average molecular weight is 329 g/mol. The lowest BCUT2D eigenvalue weighted by molar-refractivity contribution is 0.0912. The van der Waals surface area contributed by atoms with Crippen LogP contribution in [-0.4, -0.2) is 22.5 Å². The maximum atomic E-state index is 13.4. The van der Waals surface area contributed by atoms with Crippen molar-refractivity contribution in [3.05, 3.63) is 63.6 Å². The van der Waals surface area contributed by atoms with Gasteiger partial charge in [0.05, 0.1) is 17.9 Å². The second kappa shape index (κ2) is 6.85. The number of nitrogens with one attached hydrogen (secondary N) is 1. The van der Waals surface area contributed by atoms with E-state index in [9.17, 15) is 14.3 Å². The van der Waals surface area contributed by atoms with E-state index in [1.54, 1.807) is 0 Å². The molecule has 1 heterocycles. The highest BCUT2D eigenvalue weighted by Gasteiger charge is 2.14. The van der Waals surface area contributed by atoms with Crippen LogP contribution in [0.4, 0.5) is 4.39 Å². The first-order valence-corrected chi connectivity index (χ1v) is 6.74. The van der Waals surface area contributed by atoms with Gasteiger partial charge >= 0.3 is 0 Å². The van der Waals surface area contributed by atoms with Crippen LogP contribution < -0.4 is 5.32 Å². The minimum Gasteiger partial charge on any atom is -0.387 e. The van der Waals surface area contributed by atoms with Gasteiger partial charge in [0.2, 0.25) is 0 Å². The van der Waals surface area contributed by atoms with E-state index in [4.69, 9.17) is 23.2 Å². The van der Waals surface area contributed by atoms with E-state index in [2.05, 4.69) is 10.3 Å². The summed E-state index contributed by atoms with van der Waals surface area (Å²) in [5, 5.41) is 13.2. The van der Waals surface area contributed by atoms with Crippen molar-refractivity contribution in [1.29, 1.82) is 0 Å². The number of aliphatic hydroxyl groups is 1. The van der Waals surface area contributed by atoms with Crippen molar-refractivity contribution in [1.82, 2.24) is 10.3 Å². The summed E-state index contributed by atoms with van der Waals surface area (Å²) >= 11 is 11.7. The van der Waals surface area contributed by atoms with Crippen LogP contribution >= 0.6 is 23.2 Å². The molecule has 0 bridgehead atoms. The van der Waals surface area contributed by atoms with Gasteiger partial charge < -0.3 is 10.4 Å². The highest BCUT2D eigenvalue weighted by atomic mass is 35.5. The normalized spacial score (nSPS) is 12.0. The lowest BCUT2D eigenvalue weighted by atomic mass is 10.1. The van der Waals surface area contributed by atoms with Crippen LogP contribution in [0.5, 0.6) is 0 Å². The van der Waals surface area contributed by atoms with Crippen molar-refractivity contribution in [2.45, 2.75) is 6.10 Å². The molecule has 110 valence electrons. The third-order valence-electron chi connectivity index (χ3n) is 2.74. The van der Waals surface area contributed by atoms with Gasteiger partial charge in [-0.15, -0.1) is 0 Å². The van der Waals surface area contributed by atoms with Crippen molar-refractivity contribution in [3.63, 3.8) is 0 Å². The molecule has 7 heteroatoms. The van der Waals surface area contributed by atoms with Crippen LogP contribution in [0.15, 0.2) is 36.7 Å². The molecule has 2 N–H and O–H groups in total. The SMILES string of the molecule is O=C(NCC(O)c1cc(Cl)cc(Cl)c1)c1ccncc1F. The first-order chi connectivity index (χ1) is 9.97. The summed E-state index contributed by atoms with van der Waals surface area (Å²) in [6.45, 7) is -0.0999. The number of hydrogen-bond acceptors (Lipinski definition) is 3. The summed E-state index contributed by atoms with van der Waals surface area (Å²) in [6.07, 6.45) is 1.25. The Kier molecular flexibility index (Phi) is 5.12. The summed E-state index contributed by atoms with van der Waals surface area (Å²) in [5.74, 6) is -1.36. The number of pyridine rings is 1. The smallest absolute Gasteiger partial charge is 0.254 e. The van der Waals surface area contributed by atoms with Crippen molar-refractivity contribution >= 4 is 29.1 Å². The van der Waals surface area contributed by atoms with E-state index in [0.717, 1.165) is 6.20 Å². The van der Waals surface area contributed by atoms with Crippen LogP contribution in [0.3, 0.4) is 0 Å². The van der Waals surface area contributed by atoms with Crippen molar-refractivity contribution in [2.75, 3.05) is 6.54 Å². The van der Waals surface area contributed by atoms with Gasteiger partial charge in [0.25, 0.3) is 5.91 Å². The van der Waals surface area contributed by atoms with Crippen LogP contribution in [0.25, 0.3) is 0 Å². The molecule has 1 aromatic carbocycles. The Balaban J connectivity index is 2.02. The molecule has 21 heavy (non-hydrogen) atoms. The standard InChI is InChI=1S/C14H11Cl2FN2O2/c15-9-3-8(4-10(16)5-9)13(20)7-19-14(21)11-1-2-18-6-12(11)17/h1-6,13,20H,7H2,(H,19,21). The number of hydrogen-bond donors (Lipinski definition) is 2. The van der Waals surface area contributed by atoms with Crippen LogP contribution in [0, 0.1) is 5.82 Å². The van der Waals surface area contributed by atoms with Gasteiger partial charge in [0.15, 0.2) is 5.82 Å². The third kappa shape index (κ3) is 4.14. The Hall–Kier alpha value is -1.69. The fourth-order valence-corrected chi connectivity index (χ4v) is 2.27. The Morgan fingerprint density at radius 2 is 2.00 bits per heavy atom. The first-order valence-electron chi connectivity index (χ1n) is 5.99. The van der Waals surface area contributed by atoms with E-state index in [1.807, 2.05) is 0 Å². The van der Waals surface area contributed by atoms with Gasteiger partial charge in [-0.25, -0.2) is 4.39 Å². The molecule has 4 nitrogen and oxygen atoms in total. The monoisotopic (exact) mass is 328 g/mol. The summed E-state index contributed by atoms with van der Waals surface area (Å²) in [4.78, 5) is 15.3. The zero-order valence-corrected chi connectivity index (χ0v) is 12.2. The van der Waals surface area contributed by atoms with Crippen molar-refractivity contribution in [2.24, 2.45) is 0 Å². The number of aliphatic hydroxyl groups excluding tert-OH is 1. The number of amides is 1. The third-order valence-corrected chi connectivity index (χ3v) is 3.18. The minimum atomic E-state index is -1.00. The number of benzene rings is 1. The fourth-order valence-electron chi connectivity index (χ4n) is 1.73. The molecule has 2 rings (SSSR count). The summed E-state index contributed by atoms with van der Waals surface area (Å²) < 4.78 is 13.4. The molecule has 1 unspecified atom stereocenters. The molecular formula is C14H11Cl2FN2O2. The highest BCUT2D eigenvalue weighted by Crippen LogP contribution is 2.23. The van der Waals surface area contributed by atoms with Gasteiger partial charge in [-0.3, -0.25) is 9.78 Å². The summed E-state index contributed by atoms with van der Waals surface area (Å²) in [7, 11) is 0. The topological polar surface area (TPSA) is 62.2 Å². The largest absolute Gasteiger partial charge is 0.387 e. The maximum Gasteiger partial charge on any atom is 0.254 e. The molecule has 0 saturated heterocycles. The molecule has 0 fully saturated rings. The van der Waals surface area contributed by atoms with E-state index in [-0.39, 0.29) is 12.1 Å². The Labute approximate surface area is 130 Å². The van der Waals surface area contributed by atoms with Gasteiger partial charge in [0.1, 0.15) is 0 Å². The maximum absolute atomic E-state index is 13.4. The number of nitrogens with zero attached hydrogens (tertiary/aromatic N) is 1. The van der Waals surface area contributed by atoms with Crippen molar-refractivity contribution in [3.8, 4) is 0 Å². The van der Waals surface area contributed by atoms with Gasteiger partial charge in [-0.2, -0.15) is 0 Å². The molecule has 0 aliphatic rings. The quantitative estimate of drug-likeness (QED) is 0.906. The summed E-state index contributed by atoms with van der Waals surface area (Å²) in [5.41, 5.74) is 0.323. The van der Waals surface area contributed by atoms with E-state index >= 15 is 0 Å². The molecule has 0 saturated carbocycles. The van der Waals surface area contributed by atoms with Crippen LogP contribution in [-0.2, 0) is 0 Å². The Morgan fingerprint density at radius 1 is 1.33 bits per heavy atom. The second-order valence-corrected chi connectivity index (χ2v) is 5.16. The van der Waals surface area contributed by atoms with Crippen LogP contribution in [0.2, 0.25) is 10.0 Å². The molecule has 0 radical (unpaired) electrons. The molecule has 1 amide bonds. The zero-order chi connectivity index (χ0) is 15.4. The van der Waals surface area contributed by atoms with Gasteiger partial charge in [-0.05, 0) is 29.8 Å². The Bertz CT molecular complexity index is 647. The number of rotatable bonds is 4. The molecule has 1 aromatic heterocycles. The molecule has 0 spiro atoms. The fraction of sp³-hybridized carbons (Fsp3) is 0.143. The Morgan fingerprint density at radius 3 is 2.62 bits per heavy atom. The predicted molar refractivity (Wildman–Crippen MR) is 78.0 cm³/mol. The minimum absolute atomic E-state index is 0.0999. The lowest BCUT2D eigenvalue weighted by Crippen LogP contribution is -2.29. The van der Waals surface area contributed by atoms with E-state index in [1.165, 1.54) is 30.5 Å². The van der Waals surface area contributed by atoms with E-state index < -0.39 is 17.8 Å². The van der Waals surface area contributed by atoms with E-state index in [0.29, 0.717) is 15.6 Å². The molecular weight excluding hydrogens is 318 g/mol. The first kappa shape index (κ1) is 15.7. The van der Waals surface area contributed by atoms with Gasteiger partial charge in [0, 0.05) is 22.8 Å². The molecule has 0 aliphatic carbocycles. The summed E-state index contributed by atoms with van der Waals surface area (Å²) in [6, 6.07) is 5.87. The lowest BCUT2D eigenvalue weighted by Gasteiger charge is -2.13. The van der Waals surface area contributed by atoms with Gasteiger partial charge in [-0.1, -0.05) is 23.2 Å². The number of carbonyl (C=O) groups is 1. The number of carbonyl (C=O) groups excluding carboxylic acids is 1. The van der Waals surface area contributed by atoms with Crippen LogP contribution in [0.1, 0.15) is 22.0 Å². The predicted octanol–water partition coefficient (Wildman–Crippen LogP) is 2.99. The van der Waals surface area contributed by atoms with Crippen molar-refractivity contribution < 1.29 is 14.3 Å². The molecule has 2 aromatic rings. The molecule has 1 atom stereocenters. The second-order valence-electron chi connectivity index (χ2n) is 4.28. The highest BCUT2D eigenvalue weighted by molar-refractivity contribution is 6.34.